The van der Waals surface area contributed by atoms with Crippen LogP contribution < -0.4 is 5.32 Å². The number of benzene rings is 1. The zero-order valence-electron chi connectivity index (χ0n) is 10.7. The molecule has 1 aromatic rings. The highest BCUT2D eigenvalue weighted by atomic mass is 35.5. The van der Waals surface area contributed by atoms with Crippen molar-refractivity contribution < 1.29 is 4.74 Å². The average Bonchev–Trinajstić information content (AvgIpc) is 2.82. The number of hydrogen-bond acceptors (Lipinski definition) is 3. The molecule has 0 aromatic heterocycles. The molecule has 0 aliphatic carbocycles. The van der Waals surface area contributed by atoms with E-state index < -0.39 is 0 Å². The zero-order chi connectivity index (χ0) is 13.1. The minimum Gasteiger partial charge on any atom is -0.381 e. The summed E-state index contributed by atoms with van der Waals surface area (Å²) in [5, 5.41) is 5.42. The number of nitrogens with zero attached hydrogens (tertiary/aromatic N) is 1. The van der Waals surface area contributed by atoms with Gasteiger partial charge in [0.15, 0.2) is 5.17 Å². The predicted octanol–water partition coefficient (Wildman–Crippen LogP) is 3.08. The van der Waals surface area contributed by atoms with Gasteiger partial charge in [0.25, 0.3) is 0 Å². The first kappa shape index (κ1) is 13.3. The van der Waals surface area contributed by atoms with Gasteiger partial charge in [0.1, 0.15) is 0 Å². The fraction of sp³-hybridized carbons (Fsp3) is 0.500. The molecule has 0 amide bonds. The Morgan fingerprint density at radius 2 is 2.11 bits per heavy atom. The normalized spacial score (nSPS) is 23.7. The summed E-state index contributed by atoms with van der Waals surface area (Å²) in [4.78, 5) is 4.65. The fourth-order valence-corrected chi connectivity index (χ4v) is 3.82. The molecule has 3 rings (SSSR count). The van der Waals surface area contributed by atoms with Crippen LogP contribution in [0.4, 0.5) is 0 Å². The number of amidine groups is 1. The molecule has 0 radical (unpaired) electrons. The molecule has 1 aromatic carbocycles. The molecule has 0 unspecified atom stereocenters. The van der Waals surface area contributed by atoms with E-state index in [0.717, 1.165) is 47.6 Å². The van der Waals surface area contributed by atoms with Crippen molar-refractivity contribution in [3.63, 3.8) is 0 Å². The smallest absolute Gasteiger partial charge is 0.157 e. The molecule has 0 saturated carbocycles. The first-order chi connectivity index (χ1) is 9.27. The Bertz CT molecular complexity index is 486. The van der Waals surface area contributed by atoms with Gasteiger partial charge in [-0.2, -0.15) is 0 Å². The molecule has 102 valence electrons. The van der Waals surface area contributed by atoms with Gasteiger partial charge in [-0.3, -0.25) is 4.99 Å². The highest BCUT2D eigenvalue weighted by Crippen LogP contribution is 2.32. The van der Waals surface area contributed by atoms with Crippen molar-refractivity contribution in [2.45, 2.75) is 24.9 Å². The molecule has 2 aliphatic heterocycles. The summed E-state index contributed by atoms with van der Waals surface area (Å²) in [7, 11) is 0. The van der Waals surface area contributed by atoms with Crippen LogP contribution in [0.2, 0.25) is 5.02 Å². The Morgan fingerprint density at radius 3 is 2.89 bits per heavy atom. The third kappa shape index (κ3) is 3.07. The second kappa shape index (κ2) is 5.73. The summed E-state index contributed by atoms with van der Waals surface area (Å²) in [5.74, 6) is 1.09. The summed E-state index contributed by atoms with van der Waals surface area (Å²) in [5.41, 5.74) is 1.29. The summed E-state index contributed by atoms with van der Waals surface area (Å²) < 4.78 is 5.43. The zero-order valence-corrected chi connectivity index (χ0v) is 12.3. The maximum absolute atomic E-state index is 6.14. The molecule has 1 spiro atoms. The lowest BCUT2D eigenvalue weighted by Crippen LogP contribution is -2.48. The van der Waals surface area contributed by atoms with Crippen molar-refractivity contribution in [1.82, 2.24) is 5.32 Å². The van der Waals surface area contributed by atoms with Gasteiger partial charge in [0, 0.05) is 24.0 Å². The fourth-order valence-electron chi connectivity index (χ4n) is 2.41. The molecular weight excluding hydrogens is 280 g/mol. The lowest BCUT2D eigenvalue weighted by atomic mass is 9.93. The van der Waals surface area contributed by atoms with Crippen molar-refractivity contribution in [2.75, 3.05) is 19.0 Å². The number of ether oxygens (including phenoxy) is 1. The van der Waals surface area contributed by atoms with Crippen molar-refractivity contribution in [3.05, 3.63) is 34.9 Å². The Hall–Kier alpha value is -0.710. The first-order valence-corrected chi connectivity index (χ1v) is 7.90. The van der Waals surface area contributed by atoms with Crippen LogP contribution in [-0.4, -0.2) is 29.7 Å². The quantitative estimate of drug-likeness (QED) is 0.910. The maximum atomic E-state index is 6.14. The van der Waals surface area contributed by atoms with E-state index >= 15 is 0 Å². The third-order valence-electron chi connectivity index (χ3n) is 3.66. The van der Waals surface area contributed by atoms with Crippen molar-refractivity contribution in [3.8, 4) is 0 Å². The van der Waals surface area contributed by atoms with Crippen LogP contribution in [0.5, 0.6) is 0 Å². The molecule has 1 N–H and O–H groups in total. The highest BCUT2D eigenvalue weighted by molar-refractivity contribution is 8.14. The van der Waals surface area contributed by atoms with Crippen LogP contribution in [0.25, 0.3) is 0 Å². The lowest BCUT2D eigenvalue weighted by molar-refractivity contribution is 0.0555. The largest absolute Gasteiger partial charge is 0.381 e. The van der Waals surface area contributed by atoms with E-state index in [2.05, 4.69) is 10.3 Å². The van der Waals surface area contributed by atoms with E-state index in [-0.39, 0.29) is 5.54 Å². The minimum atomic E-state index is 0.211. The minimum absolute atomic E-state index is 0.211. The van der Waals surface area contributed by atoms with Crippen LogP contribution in [0.1, 0.15) is 18.4 Å². The van der Waals surface area contributed by atoms with Crippen molar-refractivity contribution >= 4 is 28.5 Å². The number of nitrogens with one attached hydrogen (secondary N) is 1. The van der Waals surface area contributed by atoms with Crippen molar-refractivity contribution in [1.29, 1.82) is 0 Å². The molecule has 19 heavy (non-hydrogen) atoms. The van der Waals surface area contributed by atoms with Gasteiger partial charge in [-0.1, -0.05) is 41.6 Å². The number of halogens is 1. The SMILES string of the molecule is Clc1ccccc1CN=C1NC2(CCOCC2)CS1. The summed E-state index contributed by atoms with van der Waals surface area (Å²) in [6.45, 7) is 2.35. The molecule has 2 fully saturated rings. The van der Waals surface area contributed by atoms with Crippen LogP contribution in [0.3, 0.4) is 0 Å². The van der Waals surface area contributed by atoms with Gasteiger partial charge in [0.05, 0.1) is 12.1 Å². The van der Waals surface area contributed by atoms with E-state index in [9.17, 15) is 0 Å². The second-order valence-electron chi connectivity index (χ2n) is 5.02. The van der Waals surface area contributed by atoms with Crippen LogP contribution >= 0.6 is 23.4 Å². The molecule has 2 heterocycles. The summed E-state index contributed by atoms with van der Waals surface area (Å²) in [6, 6.07) is 7.87. The van der Waals surface area contributed by atoms with Gasteiger partial charge < -0.3 is 10.1 Å². The van der Waals surface area contributed by atoms with E-state index in [0.29, 0.717) is 6.54 Å². The molecule has 0 bridgehead atoms. The van der Waals surface area contributed by atoms with Gasteiger partial charge >= 0.3 is 0 Å². The molecule has 2 saturated heterocycles. The predicted molar refractivity (Wildman–Crippen MR) is 81.0 cm³/mol. The molecule has 5 heteroatoms. The Labute approximate surface area is 122 Å². The van der Waals surface area contributed by atoms with Gasteiger partial charge in [-0.25, -0.2) is 0 Å². The van der Waals surface area contributed by atoms with E-state index in [1.54, 1.807) is 0 Å². The van der Waals surface area contributed by atoms with E-state index in [1.165, 1.54) is 0 Å². The summed E-state index contributed by atoms with van der Waals surface area (Å²) >= 11 is 7.95. The number of aliphatic imine (C=N–C) groups is 1. The average molecular weight is 297 g/mol. The molecular formula is C14H17ClN2OS. The first-order valence-electron chi connectivity index (χ1n) is 6.54. The van der Waals surface area contributed by atoms with Crippen LogP contribution in [-0.2, 0) is 11.3 Å². The summed E-state index contributed by atoms with van der Waals surface area (Å²) in [6.07, 6.45) is 2.15. The third-order valence-corrected chi connectivity index (χ3v) is 5.23. The Morgan fingerprint density at radius 1 is 1.32 bits per heavy atom. The lowest BCUT2D eigenvalue weighted by Gasteiger charge is -2.32. The topological polar surface area (TPSA) is 33.6 Å². The van der Waals surface area contributed by atoms with Gasteiger partial charge in [-0.15, -0.1) is 0 Å². The van der Waals surface area contributed by atoms with Crippen LogP contribution in [0, 0.1) is 0 Å². The van der Waals surface area contributed by atoms with Gasteiger partial charge in [0.2, 0.25) is 0 Å². The number of hydrogen-bond donors (Lipinski definition) is 1. The monoisotopic (exact) mass is 296 g/mol. The van der Waals surface area contributed by atoms with Crippen molar-refractivity contribution in [2.24, 2.45) is 4.99 Å². The molecule has 2 aliphatic rings. The Balaban J connectivity index is 1.64. The second-order valence-corrected chi connectivity index (χ2v) is 6.39. The Kier molecular flexibility index (Phi) is 4.01. The standard InChI is InChI=1S/C14H17ClN2OS/c15-12-4-2-1-3-11(12)9-16-13-17-14(10-19-13)5-7-18-8-6-14/h1-4H,5-10H2,(H,16,17). The van der Waals surface area contributed by atoms with Gasteiger partial charge in [-0.05, 0) is 24.5 Å². The maximum Gasteiger partial charge on any atom is 0.157 e. The van der Waals surface area contributed by atoms with E-state index in [4.69, 9.17) is 16.3 Å². The number of thioether (sulfide) groups is 1. The van der Waals surface area contributed by atoms with Crippen LogP contribution in [0.15, 0.2) is 29.3 Å². The van der Waals surface area contributed by atoms with E-state index in [1.807, 2.05) is 36.0 Å². The molecule has 3 nitrogen and oxygen atoms in total. The molecule has 0 atom stereocenters. The number of rotatable bonds is 2. The highest BCUT2D eigenvalue weighted by Gasteiger charge is 2.38.